The Morgan fingerprint density at radius 3 is 2.78 bits per heavy atom. The number of nitrogens with one attached hydrogen (secondary N) is 2. The van der Waals surface area contributed by atoms with Crippen molar-refractivity contribution in [2.45, 2.75) is 6.92 Å². The van der Waals surface area contributed by atoms with Gasteiger partial charge in [0.2, 0.25) is 0 Å². The highest BCUT2D eigenvalue weighted by Crippen LogP contribution is 2.31. The number of hydrogen-bond donors (Lipinski definition) is 2. The van der Waals surface area contributed by atoms with E-state index in [2.05, 4.69) is 20.7 Å². The summed E-state index contributed by atoms with van der Waals surface area (Å²) in [5, 5.41) is 14.3. The van der Waals surface area contributed by atoms with E-state index in [-0.39, 0.29) is 5.91 Å². The Bertz CT molecular complexity index is 1100. The van der Waals surface area contributed by atoms with Crippen molar-refractivity contribution in [2.75, 3.05) is 5.32 Å². The van der Waals surface area contributed by atoms with Crippen molar-refractivity contribution in [3.63, 3.8) is 0 Å². The van der Waals surface area contributed by atoms with Crippen LogP contribution in [0.5, 0.6) is 0 Å². The third kappa shape index (κ3) is 3.35. The van der Waals surface area contributed by atoms with Crippen LogP contribution in [0, 0.1) is 6.92 Å². The lowest BCUT2D eigenvalue weighted by atomic mass is 10.1. The predicted molar refractivity (Wildman–Crippen MR) is 104 cm³/mol. The van der Waals surface area contributed by atoms with Gasteiger partial charge in [-0.3, -0.25) is 9.89 Å². The molecule has 0 aliphatic rings. The fourth-order valence-corrected chi connectivity index (χ4v) is 3.08. The van der Waals surface area contributed by atoms with Crippen LogP contribution in [-0.4, -0.2) is 21.3 Å². The smallest absolute Gasteiger partial charge is 0.261 e. The highest BCUT2D eigenvalue weighted by molar-refractivity contribution is 6.33. The van der Waals surface area contributed by atoms with Crippen LogP contribution in [0.2, 0.25) is 5.02 Å². The molecule has 134 valence electrons. The molecule has 0 aliphatic carbocycles. The minimum Gasteiger partial charge on any atom is -0.360 e. The lowest BCUT2D eigenvalue weighted by Gasteiger charge is -2.08. The van der Waals surface area contributed by atoms with E-state index in [1.807, 2.05) is 42.5 Å². The van der Waals surface area contributed by atoms with Gasteiger partial charge in [0, 0.05) is 23.0 Å². The summed E-state index contributed by atoms with van der Waals surface area (Å²) in [7, 11) is 0. The molecule has 0 radical (unpaired) electrons. The zero-order valence-electron chi connectivity index (χ0n) is 14.4. The van der Waals surface area contributed by atoms with Gasteiger partial charge in [-0.15, -0.1) is 0 Å². The number of hydrogen-bond acceptors (Lipinski definition) is 4. The van der Waals surface area contributed by atoms with Crippen LogP contribution in [0.1, 0.15) is 16.1 Å². The summed E-state index contributed by atoms with van der Waals surface area (Å²) in [4.78, 5) is 12.9. The number of halogens is 1. The Labute approximate surface area is 160 Å². The van der Waals surface area contributed by atoms with Gasteiger partial charge in [0.05, 0.1) is 10.7 Å². The van der Waals surface area contributed by atoms with Gasteiger partial charge in [-0.1, -0.05) is 47.1 Å². The first-order valence-corrected chi connectivity index (χ1v) is 8.63. The molecule has 0 unspecified atom stereocenters. The number of aromatic amines is 1. The summed E-state index contributed by atoms with van der Waals surface area (Å²) in [5.74, 6) is 0.109. The minimum atomic E-state index is -0.314. The summed E-state index contributed by atoms with van der Waals surface area (Å²) in [5.41, 5.74) is 3.85. The average Bonchev–Trinajstić information content (AvgIpc) is 3.32. The topological polar surface area (TPSA) is 83.8 Å². The van der Waals surface area contributed by atoms with E-state index >= 15 is 0 Å². The number of carbonyl (C=O) groups is 1. The predicted octanol–water partition coefficient (Wildman–Crippen LogP) is 4.95. The molecule has 7 heteroatoms. The Morgan fingerprint density at radius 1 is 1.15 bits per heavy atom. The van der Waals surface area contributed by atoms with Gasteiger partial charge in [0.15, 0.2) is 0 Å². The second kappa shape index (κ2) is 7.09. The molecule has 2 aromatic heterocycles. The van der Waals surface area contributed by atoms with E-state index in [0.29, 0.717) is 33.3 Å². The summed E-state index contributed by atoms with van der Waals surface area (Å²) in [6.45, 7) is 1.70. The zero-order chi connectivity index (χ0) is 18.8. The lowest BCUT2D eigenvalue weighted by molar-refractivity contribution is 0.102. The molecular formula is C20H15ClN4O2. The molecule has 4 rings (SSSR count). The first-order valence-electron chi connectivity index (χ1n) is 8.26. The van der Waals surface area contributed by atoms with Crippen LogP contribution in [0.3, 0.4) is 0 Å². The van der Waals surface area contributed by atoms with E-state index < -0.39 is 0 Å². The third-order valence-electron chi connectivity index (χ3n) is 4.15. The number of benzene rings is 2. The van der Waals surface area contributed by atoms with Gasteiger partial charge >= 0.3 is 0 Å². The molecule has 2 N–H and O–H groups in total. The maximum absolute atomic E-state index is 12.9. The number of H-pyrrole nitrogens is 1. The zero-order valence-corrected chi connectivity index (χ0v) is 15.1. The van der Waals surface area contributed by atoms with Crippen molar-refractivity contribution < 1.29 is 9.32 Å². The second-order valence-corrected chi connectivity index (χ2v) is 6.35. The van der Waals surface area contributed by atoms with E-state index in [4.69, 9.17) is 16.1 Å². The van der Waals surface area contributed by atoms with Gasteiger partial charge in [-0.05, 0) is 31.2 Å². The van der Waals surface area contributed by atoms with Crippen molar-refractivity contribution in [3.05, 3.63) is 77.1 Å². The minimum absolute atomic E-state index is 0.314. The number of aryl methyl sites for hydroxylation is 1. The van der Waals surface area contributed by atoms with Crippen LogP contribution in [0.15, 0.2) is 65.3 Å². The molecule has 0 spiro atoms. The van der Waals surface area contributed by atoms with Crippen molar-refractivity contribution >= 4 is 23.2 Å². The molecule has 0 fully saturated rings. The first kappa shape index (κ1) is 17.1. The maximum Gasteiger partial charge on any atom is 0.261 e. The molecule has 1 amide bonds. The largest absolute Gasteiger partial charge is 0.360 e. The van der Waals surface area contributed by atoms with Gasteiger partial charge < -0.3 is 9.84 Å². The first-order chi connectivity index (χ1) is 13.1. The Kier molecular flexibility index (Phi) is 4.48. The third-order valence-corrected chi connectivity index (χ3v) is 4.48. The highest BCUT2D eigenvalue weighted by Gasteiger charge is 2.23. The molecule has 0 saturated heterocycles. The number of nitrogens with zero attached hydrogens (tertiary/aromatic N) is 2. The van der Waals surface area contributed by atoms with Crippen LogP contribution in [0.4, 0.5) is 5.69 Å². The molecule has 4 aromatic rings. The second-order valence-electron chi connectivity index (χ2n) is 5.95. The van der Waals surface area contributed by atoms with E-state index in [9.17, 15) is 4.79 Å². The molecular weight excluding hydrogens is 364 g/mol. The van der Waals surface area contributed by atoms with Crippen LogP contribution in [-0.2, 0) is 0 Å². The molecule has 0 bridgehead atoms. The van der Waals surface area contributed by atoms with Crippen molar-refractivity contribution in [1.82, 2.24) is 15.4 Å². The summed E-state index contributed by atoms with van der Waals surface area (Å²) < 4.78 is 5.26. The molecule has 0 atom stereocenters. The van der Waals surface area contributed by atoms with Crippen molar-refractivity contribution in [1.29, 1.82) is 0 Å². The monoisotopic (exact) mass is 378 g/mol. The van der Waals surface area contributed by atoms with Crippen LogP contribution < -0.4 is 5.32 Å². The van der Waals surface area contributed by atoms with Gasteiger partial charge in [0.25, 0.3) is 5.91 Å². The summed E-state index contributed by atoms with van der Waals surface area (Å²) in [6.07, 6.45) is 1.68. The highest BCUT2D eigenvalue weighted by atomic mass is 35.5. The average molecular weight is 379 g/mol. The number of aromatic nitrogens is 3. The standard InChI is InChI=1S/C20H15ClN4O2/c1-12-18(19(25-27-12)15-7-2-3-8-16(15)21)20(26)23-14-6-4-5-13(11-14)17-9-10-22-24-17/h2-11H,1H3,(H,22,24)(H,23,26). The van der Waals surface area contributed by atoms with Gasteiger partial charge in [-0.25, -0.2) is 0 Å². The van der Waals surface area contributed by atoms with Crippen molar-refractivity contribution in [2.24, 2.45) is 0 Å². The number of anilines is 1. The number of amides is 1. The number of carbonyl (C=O) groups excluding carboxylic acids is 1. The molecule has 27 heavy (non-hydrogen) atoms. The molecule has 2 aromatic carbocycles. The quantitative estimate of drug-likeness (QED) is 0.526. The van der Waals surface area contributed by atoms with Gasteiger partial charge in [-0.2, -0.15) is 5.10 Å². The number of rotatable bonds is 4. The SMILES string of the molecule is Cc1onc(-c2ccccc2Cl)c1C(=O)Nc1cccc(-c2ccn[nH]2)c1. The summed E-state index contributed by atoms with van der Waals surface area (Å²) in [6, 6.07) is 16.5. The Hall–Kier alpha value is -3.38. The molecule has 0 saturated carbocycles. The Morgan fingerprint density at radius 2 is 2.00 bits per heavy atom. The maximum atomic E-state index is 12.9. The Balaban J connectivity index is 1.66. The fourth-order valence-electron chi connectivity index (χ4n) is 2.85. The van der Waals surface area contributed by atoms with E-state index in [1.165, 1.54) is 0 Å². The van der Waals surface area contributed by atoms with Crippen molar-refractivity contribution in [3.8, 4) is 22.5 Å². The van der Waals surface area contributed by atoms with Crippen LogP contribution in [0.25, 0.3) is 22.5 Å². The summed E-state index contributed by atoms with van der Waals surface area (Å²) >= 11 is 6.26. The fraction of sp³-hybridized carbons (Fsp3) is 0.0500. The molecule has 2 heterocycles. The lowest BCUT2D eigenvalue weighted by Crippen LogP contribution is -2.13. The molecule has 6 nitrogen and oxygen atoms in total. The van der Waals surface area contributed by atoms with E-state index in [1.54, 1.807) is 25.3 Å². The van der Waals surface area contributed by atoms with E-state index in [0.717, 1.165) is 11.3 Å². The molecule has 0 aliphatic heterocycles. The van der Waals surface area contributed by atoms with Gasteiger partial charge in [0.1, 0.15) is 17.0 Å². The normalized spacial score (nSPS) is 10.7. The van der Waals surface area contributed by atoms with Crippen LogP contribution >= 0.6 is 11.6 Å².